The van der Waals surface area contributed by atoms with Crippen LogP contribution in [0.5, 0.6) is 0 Å². The zero-order chi connectivity index (χ0) is 15.4. The Hall–Kier alpha value is 0.0400. The van der Waals surface area contributed by atoms with Crippen molar-refractivity contribution in [2.75, 3.05) is 7.05 Å². The molecule has 0 amide bonds. The van der Waals surface area contributed by atoms with Crippen LogP contribution in [0.15, 0.2) is 27.0 Å². The van der Waals surface area contributed by atoms with E-state index in [0.29, 0.717) is 16.7 Å². The molecule has 2 heterocycles. The van der Waals surface area contributed by atoms with Crippen LogP contribution in [0.3, 0.4) is 0 Å². The van der Waals surface area contributed by atoms with Crippen molar-refractivity contribution in [3.05, 3.63) is 42.7 Å². The highest BCUT2D eigenvalue weighted by molar-refractivity contribution is 14.0. The Morgan fingerprint density at radius 2 is 2.00 bits per heavy atom. The molecule has 2 N–H and O–H groups in total. The molecule has 0 aliphatic rings. The van der Waals surface area contributed by atoms with E-state index in [4.69, 9.17) is 23.2 Å². The first-order valence-electron chi connectivity index (χ1n) is 6.19. The van der Waals surface area contributed by atoms with E-state index in [-0.39, 0.29) is 24.0 Å². The van der Waals surface area contributed by atoms with Crippen molar-refractivity contribution in [3.8, 4) is 0 Å². The zero-order valence-corrected chi connectivity index (χ0v) is 18.2. The van der Waals surface area contributed by atoms with E-state index >= 15 is 0 Å². The summed E-state index contributed by atoms with van der Waals surface area (Å²) in [6.45, 7) is 1.32. The smallest absolute Gasteiger partial charge is 0.191 e. The van der Waals surface area contributed by atoms with Gasteiger partial charge in [0.05, 0.1) is 21.9 Å². The minimum atomic E-state index is 0. The van der Waals surface area contributed by atoms with Crippen LogP contribution in [0.4, 0.5) is 0 Å². The summed E-state index contributed by atoms with van der Waals surface area (Å²) in [5, 5.41) is 7.60. The van der Waals surface area contributed by atoms with Crippen LogP contribution in [0.1, 0.15) is 10.6 Å². The van der Waals surface area contributed by atoms with Gasteiger partial charge >= 0.3 is 0 Å². The third-order valence-corrected chi connectivity index (χ3v) is 5.40. The van der Waals surface area contributed by atoms with Crippen LogP contribution >= 0.6 is 74.4 Å². The fourth-order valence-corrected chi connectivity index (χ4v) is 3.61. The van der Waals surface area contributed by atoms with Gasteiger partial charge in [-0.2, -0.15) is 0 Å². The molecule has 0 saturated heterocycles. The van der Waals surface area contributed by atoms with Gasteiger partial charge in [-0.05, 0) is 34.1 Å². The number of aromatic nitrogens is 1. The molecule has 0 aromatic carbocycles. The van der Waals surface area contributed by atoms with Crippen molar-refractivity contribution in [2.45, 2.75) is 13.1 Å². The predicted molar refractivity (Wildman–Crippen MR) is 110 cm³/mol. The summed E-state index contributed by atoms with van der Waals surface area (Å²) in [4.78, 5) is 5.43. The van der Waals surface area contributed by atoms with E-state index in [2.05, 4.69) is 37.6 Å². The Bertz CT molecular complexity index is 657. The van der Waals surface area contributed by atoms with Crippen LogP contribution < -0.4 is 10.6 Å². The molecule has 2 rings (SSSR count). The maximum absolute atomic E-state index is 6.05. The van der Waals surface area contributed by atoms with Crippen molar-refractivity contribution in [3.63, 3.8) is 0 Å². The van der Waals surface area contributed by atoms with Gasteiger partial charge in [-0.15, -0.1) is 35.3 Å². The Morgan fingerprint density at radius 1 is 1.32 bits per heavy atom. The fraction of sp³-hybridized carbons (Fsp3) is 0.308. The van der Waals surface area contributed by atoms with Crippen LogP contribution in [-0.2, 0) is 20.1 Å². The summed E-state index contributed by atoms with van der Waals surface area (Å²) >= 11 is 17.2. The highest BCUT2D eigenvalue weighted by Crippen LogP contribution is 2.25. The van der Waals surface area contributed by atoms with Crippen LogP contribution in [0.2, 0.25) is 10.2 Å². The molecule has 0 unspecified atom stereocenters. The molecule has 0 saturated carbocycles. The second-order valence-corrected chi connectivity index (χ2v) is 7.63. The Balaban J connectivity index is 0.00000242. The van der Waals surface area contributed by atoms with Gasteiger partial charge in [-0.1, -0.05) is 23.2 Å². The van der Waals surface area contributed by atoms with E-state index < -0.39 is 0 Å². The van der Waals surface area contributed by atoms with Crippen molar-refractivity contribution in [1.29, 1.82) is 0 Å². The predicted octanol–water partition coefficient (Wildman–Crippen LogP) is 4.64. The lowest BCUT2D eigenvalue weighted by Crippen LogP contribution is -2.36. The first kappa shape index (κ1) is 20.1. The Morgan fingerprint density at radius 3 is 2.50 bits per heavy atom. The summed E-state index contributed by atoms with van der Waals surface area (Å²) < 4.78 is 2.97. The Labute approximate surface area is 169 Å². The van der Waals surface area contributed by atoms with Gasteiger partial charge in [0.1, 0.15) is 5.15 Å². The lowest BCUT2D eigenvalue weighted by atomic mass is 10.4. The molecule has 0 aliphatic heterocycles. The van der Waals surface area contributed by atoms with Gasteiger partial charge < -0.3 is 15.2 Å². The molecular weight excluding hydrogens is 522 g/mol. The third-order valence-electron chi connectivity index (χ3n) is 2.94. The molecule has 0 radical (unpaired) electrons. The minimum Gasteiger partial charge on any atom is -0.352 e. The summed E-state index contributed by atoms with van der Waals surface area (Å²) in [6, 6.07) is 5.96. The van der Waals surface area contributed by atoms with Crippen molar-refractivity contribution in [2.24, 2.45) is 12.0 Å². The molecule has 0 spiro atoms. The lowest BCUT2D eigenvalue weighted by molar-refractivity contribution is 0.752. The number of rotatable bonds is 4. The normalized spacial score (nSPS) is 11.2. The Kier molecular flexibility index (Phi) is 8.55. The number of nitrogens with one attached hydrogen (secondary N) is 2. The van der Waals surface area contributed by atoms with Gasteiger partial charge in [-0.25, -0.2) is 0 Å². The quantitative estimate of drug-likeness (QED) is 0.339. The van der Waals surface area contributed by atoms with E-state index in [1.54, 1.807) is 18.4 Å². The van der Waals surface area contributed by atoms with Gasteiger partial charge in [-0.3, -0.25) is 4.99 Å². The van der Waals surface area contributed by atoms with E-state index in [1.807, 2.05) is 23.7 Å². The number of guanidine groups is 1. The van der Waals surface area contributed by atoms with Crippen LogP contribution in [0.25, 0.3) is 0 Å². The average molecular weight is 538 g/mol. The summed E-state index contributed by atoms with van der Waals surface area (Å²) in [5.74, 6) is 0.730. The number of thiophene rings is 1. The molecule has 2 aromatic heterocycles. The molecule has 0 bridgehead atoms. The second-order valence-electron chi connectivity index (χ2n) is 4.32. The molecule has 22 heavy (non-hydrogen) atoms. The topological polar surface area (TPSA) is 41.4 Å². The van der Waals surface area contributed by atoms with Gasteiger partial charge in [0.15, 0.2) is 5.96 Å². The molecule has 0 atom stereocenters. The molecule has 9 heteroatoms. The number of nitrogens with zero attached hydrogens (tertiary/aromatic N) is 2. The summed E-state index contributed by atoms with van der Waals surface area (Å²) in [6.07, 6.45) is 0. The van der Waals surface area contributed by atoms with E-state index in [9.17, 15) is 0 Å². The number of hydrogen-bond acceptors (Lipinski definition) is 2. The van der Waals surface area contributed by atoms with E-state index in [0.717, 1.165) is 22.0 Å². The fourth-order valence-electron chi connectivity index (χ4n) is 1.77. The van der Waals surface area contributed by atoms with Crippen LogP contribution in [-0.4, -0.2) is 17.6 Å². The summed E-state index contributed by atoms with van der Waals surface area (Å²) in [5.41, 5.74) is 0.992. The maximum atomic E-state index is 6.05. The van der Waals surface area contributed by atoms with Crippen molar-refractivity contribution in [1.82, 2.24) is 15.2 Å². The highest BCUT2D eigenvalue weighted by Gasteiger charge is 2.09. The first-order valence-corrected chi connectivity index (χ1v) is 8.56. The first-order chi connectivity index (χ1) is 10.0. The number of halogens is 4. The zero-order valence-electron chi connectivity index (χ0n) is 12.0. The highest BCUT2D eigenvalue weighted by atomic mass is 127. The molecule has 122 valence electrons. The third kappa shape index (κ3) is 5.30. The largest absolute Gasteiger partial charge is 0.352 e. The molecule has 2 aromatic rings. The SMILES string of the molecule is CN=C(NCc1ccc(Br)s1)NCc1cc(Cl)c(Cl)n1C.I. The van der Waals surface area contributed by atoms with Crippen LogP contribution in [0, 0.1) is 0 Å². The lowest BCUT2D eigenvalue weighted by Gasteiger charge is -2.11. The van der Waals surface area contributed by atoms with E-state index in [1.165, 1.54) is 4.88 Å². The average Bonchev–Trinajstić information content (AvgIpc) is 2.98. The number of aliphatic imine (C=N–C) groups is 1. The standard InChI is InChI=1S/C13H15BrCl2N4S.HI/c1-17-13(19-7-9-3-4-11(14)21-9)18-6-8-5-10(15)12(16)20(8)2;/h3-5H,6-7H2,1-2H3,(H2,17,18,19);1H. The molecular formula is C13H16BrCl2IN4S. The molecule has 0 aliphatic carbocycles. The van der Waals surface area contributed by atoms with Crippen molar-refractivity contribution >= 4 is 80.4 Å². The monoisotopic (exact) mass is 536 g/mol. The summed E-state index contributed by atoms with van der Waals surface area (Å²) in [7, 11) is 3.62. The van der Waals surface area contributed by atoms with Gasteiger partial charge in [0.25, 0.3) is 0 Å². The van der Waals surface area contributed by atoms with Gasteiger partial charge in [0, 0.05) is 24.7 Å². The van der Waals surface area contributed by atoms with Gasteiger partial charge in [0.2, 0.25) is 0 Å². The molecule has 0 fully saturated rings. The molecule has 4 nitrogen and oxygen atoms in total. The second kappa shape index (κ2) is 9.36. The maximum Gasteiger partial charge on any atom is 0.191 e. The number of hydrogen-bond donors (Lipinski definition) is 2. The van der Waals surface area contributed by atoms with Crippen molar-refractivity contribution < 1.29 is 0 Å². The minimum absolute atomic E-state index is 0.